The Morgan fingerprint density at radius 2 is 2.19 bits per heavy atom. The molecule has 0 aliphatic heterocycles. The van der Waals surface area contributed by atoms with Gasteiger partial charge in [0.2, 0.25) is 5.91 Å². The van der Waals surface area contributed by atoms with Crippen molar-refractivity contribution in [3.8, 4) is 11.4 Å². The number of nitrogens with one attached hydrogen (secondary N) is 1. The smallest absolute Gasteiger partial charge is 0.234 e. The molecular weight excluding hydrogens is 384 g/mol. The minimum atomic E-state index is -0.139. The first kappa shape index (κ1) is 19.3. The second-order valence-electron chi connectivity index (χ2n) is 5.85. The quantitative estimate of drug-likeness (QED) is 0.457. The zero-order chi connectivity index (χ0) is 19.4. The molecular formula is C19H19ClN4O2S. The van der Waals surface area contributed by atoms with Gasteiger partial charge in [0.1, 0.15) is 5.76 Å². The Hall–Kier alpha value is -2.51. The van der Waals surface area contributed by atoms with E-state index < -0.39 is 0 Å². The van der Waals surface area contributed by atoms with E-state index in [2.05, 4.69) is 22.1 Å². The predicted octanol–water partition coefficient (Wildman–Crippen LogP) is 4.73. The summed E-state index contributed by atoms with van der Waals surface area (Å²) in [5, 5.41) is 12.6. The third-order valence-electron chi connectivity index (χ3n) is 4.00. The van der Waals surface area contributed by atoms with Crippen LogP contribution in [0.25, 0.3) is 11.4 Å². The topological polar surface area (TPSA) is 73.0 Å². The monoisotopic (exact) mass is 402 g/mol. The molecule has 0 unspecified atom stereocenters. The molecule has 6 nitrogen and oxygen atoms in total. The van der Waals surface area contributed by atoms with E-state index in [0.717, 1.165) is 16.9 Å². The van der Waals surface area contributed by atoms with E-state index in [1.807, 2.05) is 30.5 Å². The lowest BCUT2D eigenvalue weighted by molar-refractivity contribution is -0.113. The van der Waals surface area contributed by atoms with E-state index in [1.165, 1.54) is 11.8 Å². The minimum Gasteiger partial charge on any atom is -0.469 e. The number of anilines is 1. The van der Waals surface area contributed by atoms with Gasteiger partial charge in [0.25, 0.3) is 0 Å². The van der Waals surface area contributed by atoms with Gasteiger partial charge in [-0.3, -0.25) is 9.36 Å². The van der Waals surface area contributed by atoms with Gasteiger partial charge in [-0.05, 0) is 37.6 Å². The lowest BCUT2D eigenvalue weighted by atomic mass is 10.2. The van der Waals surface area contributed by atoms with E-state index >= 15 is 0 Å². The van der Waals surface area contributed by atoms with Gasteiger partial charge in [-0.1, -0.05) is 35.5 Å². The number of hydrogen-bond donors (Lipinski definition) is 1. The Labute approximate surface area is 166 Å². The maximum Gasteiger partial charge on any atom is 0.234 e. The van der Waals surface area contributed by atoms with Crippen molar-refractivity contribution in [2.45, 2.75) is 25.5 Å². The highest BCUT2D eigenvalue weighted by molar-refractivity contribution is 7.99. The zero-order valence-electron chi connectivity index (χ0n) is 15.0. The number of aryl methyl sites for hydroxylation is 1. The number of aromatic nitrogens is 3. The van der Waals surface area contributed by atoms with Crippen molar-refractivity contribution >= 4 is 35.0 Å². The van der Waals surface area contributed by atoms with Crippen molar-refractivity contribution < 1.29 is 9.21 Å². The van der Waals surface area contributed by atoms with E-state index in [4.69, 9.17) is 16.0 Å². The maximum absolute atomic E-state index is 12.3. The number of thioether (sulfide) groups is 1. The molecule has 2 aromatic heterocycles. The van der Waals surface area contributed by atoms with Crippen molar-refractivity contribution in [2.75, 3.05) is 11.1 Å². The first-order chi connectivity index (χ1) is 13.0. The molecule has 3 rings (SSSR count). The number of nitrogens with zero attached hydrogens (tertiary/aromatic N) is 3. The highest BCUT2D eigenvalue weighted by Crippen LogP contribution is 2.27. The molecule has 0 aliphatic rings. The fourth-order valence-electron chi connectivity index (χ4n) is 2.56. The number of rotatable bonds is 7. The molecule has 3 aromatic rings. The van der Waals surface area contributed by atoms with Crippen LogP contribution in [0, 0.1) is 13.8 Å². The molecule has 1 aromatic carbocycles. The summed E-state index contributed by atoms with van der Waals surface area (Å²) in [6.07, 6.45) is 3.38. The summed E-state index contributed by atoms with van der Waals surface area (Å²) in [6, 6.07) is 7.27. The van der Waals surface area contributed by atoms with Gasteiger partial charge >= 0.3 is 0 Å². The van der Waals surface area contributed by atoms with Crippen LogP contribution in [0.1, 0.15) is 11.3 Å². The highest BCUT2D eigenvalue weighted by atomic mass is 35.5. The fourth-order valence-corrected chi connectivity index (χ4v) is 3.49. The number of hydrogen-bond acceptors (Lipinski definition) is 5. The Morgan fingerprint density at radius 1 is 1.37 bits per heavy atom. The molecule has 140 valence electrons. The van der Waals surface area contributed by atoms with Crippen LogP contribution in [-0.4, -0.2) is 26.4 Å². The van der Waals surface area contributed by atoms with Crippen molar-refractivity contribution in [3.05, 3.63) is 59.5 Å². The molecule has 0 spiro atoms. The summed E-state index contributed by atoms with van der Waals surface area (Å²) >= 11 is 7.41. The van der Waals surface area contributed by atoms with Gasteiger partial charge in [-0.15, -0.1) is 16.8 Å². The number of furan rings is 1. The second-order valence-corrected chi connectivity index (χ2v) is 7.19. The number of halogens is 1. The van der Waals surface area contributed by atoms with Gasteiger partial charge in [0.05, 0.1) is 17.6 Å². The lowest BCUT2D eigenvalue weighted by Gasteiger charge is -2.10. The average molecular weight is 403 g/mol. The average Bonchev–Trinajstić information content (AvgIpc) is 3.23. The Morgan fingerprint density at radius 3 is 2.89 bits per heavy atom. The van der Waals surface area contributed by atoms with Crippen LogP contribution >= 0.6 is 23.4 Å². The Bertz CT molecular complexity index is 980. The molecule has 2 heterocycles. The van der Waals surface area contributed by atoms with E-state index in [0.29, 0.717) is 28.2 Å². The molecule has 0 saturated heterocycles. The number of carbonyl (C=O) groups is 1. The number of carbonyl (C=O) groups excluding carboxylic acids is 1. The first-order valence-electron chi connectivity index (χ1n) is 8.27. The summed E-state index contributed by atoms with van der Waals surface area (Å²) in [6.45, 7) is 8.06. The van der Waals surface area contributed by atoms with Crippen molar-refractivity contribution in [1.29, 1.82) is 0 Å². The minimum absolute atomic E-state index is 0.139. The third kappa shape index (κ3) is 4.26. The van der Waals surface area contributed by atoms with Crippen LogP contribution in [0.4, 0.5) is 5.69 Å². The van der Waals surface area contributed by atoms with Crippen LogP contribution in [0.5, 0.6) is 0 Å². The number of allylic oxidation sites excluding steroid dienone is 1. The SMILES string of the molecule is C=CCn1c(SCC(=O)Nc2cccc(Cl)c2C)nnc1-c1ccoc1C. The Kier molecular flexibility index (Phi) is 6.03. The summed E-state index contributed by atoms with van der Waals surface area (Å²) in [5.74, 6) is 1.51. The van der Waals surface area contributed by atoms with E-state index in [1.54, 1.807) is 24.5 Å². The van der Waals surface area contributed by atoms with Crippen LogP contribution in [0.2, 0.25) is 5.02 Å². The lowest BCUT2D eigenvalue weighted by Crippen LogP contribution is -2.15. The predicted molar refractivity (Wildman–Crippen MR) is 108 cm³/mol. The third-order valence-corrected chi connectivity index (χ3v) is 5.38. The molecule has 0 fully saturated rings. The Balaban J connectivity index is 1.73. The molecule has 0 aliphatic carbocycles. The van der Waals surface area contributed by atoms with Gasteiger partial charge < -0.3 is 9.73 Å². The molecule has 1 N–H and O–H groups in total. The van der Waals surface area contributed by atoms with Crippen LogP contribution in [-0.2, 0) is 11.3 Å². The van der Waals surface area contributed by atoms with Crippen LogP contribution in [0.3, 0.4) is 0 Å². The molecule has 27 heavy (non-hydrogen) atoms. The summed E-state index contributed by atoms with van der Waals surface area (Å²) < 4.78 is 7.27. The largest absolute Gasteiger partial charge is 0.469 e. The van der Waals surface area contributed by atoms with E-state index in [-0.39, 0.29) is 11.7 Å². The summed E-state index contributed by atoms with van der Waals surface area (Å²) in [7, 11) is 0. The first-order valence-corrected chi connectivity index (χ1v) is 9.64. The van der Waals surface area contributed by atoms with Gasteiger partial charge in [0.15, 0.2) is 11.0 Å². The van der Waals surface area contributed by atoms with Crippen molar-refractivity contribution in [1.82, 2.24) is 14.8 Å². The molecule has 8 heteroatoms. The van der Waals surface area contributed by atoms with E-state index in [9.17, 15) is 4.79 Å². The molecule has 0 atom stereocenters. The normalized spacial score (nSPS) is 10.8. The number of benzene rings is 1. The van der Waals surface area contributed by atoms with Crippen LogP contribution in [0.15, 0.2) is 52.8 Å². The fraction of sp³-hybridized carbons (Fsp3) is 0.211. The standard InChI is InChI=1S/C19H19ClN4O2S/c1-4-9-24-18(14-8-10-26-13(14)3)22-23-19(24)27-11-17(25)21-16-7-5-6-15(20)12(16)2/h4-8,10H,1,9,11H2,2-3H3,(H,21,25). The van der Waals surface area contributed by atoms with Crippen LogP contribution < -0.4 is 5.32 Å². The van der Waals surface area contributed by atoms with Crippen molar-refractivity contribution in [3.63, 3.8) is 0 Å². The molecule has 1 amide bonds. The van der Waals surface area contributed by atoms with Gasteiger partial charge in [0, 0.05) is 17.3 Å². The molecule has 0 bridgehead atoms. The summed E-state index contributed by atoms with van der Waals surface area (Å²) in [5.41, 5.74) is 2.41. The highest BCUT2D eigenvalue weighted by Gasteiger charge is 2.18. The summed E-state index contributed by atoms with van der Waals surface area (Å²) in [4.78, 5) is 12.3. The molecule has 0 radical (unpaired) electrons. The van der Waals surface area contributed by atoms with Crippen molar-refractivity contribution in [2.24, 2.45) is 0 Å². The molecule has 0 saturated carbocycles. The zero-order valence-corrected chi connectivity index (χ0v) is 16.6. The maximum atomic E-state index is 12.3. The number of amides is 1. The second kappa shape index (κ2) is 8.45. The van der Waals surface area contributed by atoms with Gasteiger partial charge in [-0.25, -0.2) is 0 Å². The van der Waals surface area contributed by atoms with Gasteiger partial charge in [-0.2, -0.15) is 0 Å².